The van der Waals surface area contributed by atoms with Gasteiger partial charge in [0, 0.05) is 16.8 Å². The number of nitrogens with zero attached hydrogens (tertiary/aromatic N) is 1. The van der Waals surface area contributed by atoms with Crippen molar-refractivity contribution < 1.29 is 4.79 Å². The molecule has 4 nitrogen and oxygen atoms in total. The lowest BCUT2D eigenvalue weighted by molar-refractivity contribution is 0.0977. The molecule has 6 heteroatoms. The Morgan fingerprint density at radius 1 is 1.30 bits per heavy atom. The van der Waals surface area contributed by atoms with Crippen molar-refractivity contribution in [1.29, 1.82) is 0 Å². The van der Waals surface area contributed by atoms with Gasteiger partial charge in [0.2, 0.25) is 0 Å². The summed E-state index contributed by atoms with van der Waals surface area (Å²) in [4.78, 5) is 16.0. The first-order valence-corrected chi connectivity index (χ1v) is 6.64. The monoisotopic (exact) mass is 305 g/mol. The van der Waals surface area contributed by atoms with Gasteiger partial charge >= 0.3 is 0 Å². The van der Waals surface area contributed by atoms with Crippen molar-refractivity contribution in [3.63, 3.8) is 0 Å². The van der Waals surface area contributed by atoms with E-state index in [9.17, 15) is 4.79 Å². The third-order valence-corrected chi connectivity index (χ3v) is 2.91. The molecule has 1 heterocycles. The van der Waals surface area contributed by atoms with Gasteiger partial charge in [0.1, 0.15) is 5.82 Å². The summed E-state index contributed by atoms with van der Waals surface area (Å²) in [7, 11) is 0. The van der Waals surface area contributed by atoms with E-state index in [4.69, 9.17) is 23.8 Å². The normalized spacial score (nSPS) is 9.90. The maximum Gasteiger partial charge on any atom is 0.257 e. The number of carbonyl (C=O) groups excluding carboxylic acids is 1. The van der Waals surface area contributed by atoms with Crippen LogP contribution in [0.3, 0.4) is 0 Å². The molecule has 20 heavy (non-hydrogen) atoms. The Hall–Kier alpha value is -1.98. The topological polar surface area (TPSA) is 54.0 Å². The molecule has 2 N–H and O–H groups in total. The van der Waals surface area contributed by atoms with Crippen LogP contribution in [0, 0.1) is 6.92 Å². The molecule has 0 bridgehead atoms. The summed E-state index contributed by atoms with van der Waals surface area (Å²) >= 11 is 10.9. The van der Waals surface area contributed by atoms with E-state index in [2.05, 4.69) is 15.6 Å². The summed E-state index contributed by atoms with van der Waals surface area (Å²) in [5, 5.41) is 6.11. The SMILES string of the molecule is Cc1ccnc(NC(=S)NC(=O)c2cccc(Cl)c2)c1. The highest BCUT2D eigenvalue weighted by Gasteiger charge is 2.08. The number of hydrogen-bond acceptors (Lipinski definition) is 3. The zero-order valence-corrected chi connectivity index (χ0v) is 12.3. The number of aryl methyl sites for hydroxylation is 1. The number of aromatic nitrogens is 1. The Kier molecular flexibility index (Phi) is 4.65. The lowest BCUT2D eigenvalue weighted by Crippen LogP contribution is -2.34. The maximum atomic E-state index is 11.9. The molecule has 0 unspecified atom stereocenters. The molecule has 1 aromatic heterocycles. The van der Waals surface area contributed by atoms with Crippen molar-refractivity contribution in [3.05, 3.63) is 58.7 Å². The minimum Gasteiger partial charge on any atom is -0.317 e. The highest BCUT2D eigenvalue weighted by atomic mass is 35.5. The van der Waals surface area contributed by atoms with Gasteiger partial charge in [-0.05, 0) is 55.0 Å². The van der Waals surface area contributed by atoms with Crippen LogP contribution in [-0.4, -0.2) is 16.0 Å². The highest BCUT2D eigenvalue weighted by molar-refractivity contribution is 7.80. The largest absolute Gasteiger partial charge is 0.317 e. The van der Waals surface area contributed by atoms with Gasteiger partial charge in [0.15, 0.2) is 5.11 Å². The van der Waals surface area contributed by atoms with Crippen molar-refractivity contribution in [3.8, 4) is 0 Å². The number of pyridine rings is 1. The van der Waals surface area contributed by atoms with E-state index in [0.717, 1.165) is 5.56 Å². The Morgan fingerprint density at radius 2 is 2.10 bits per heavy atom. The molecule has 102 valence electrons. The molecule has 0 fully saturated rings. The quantitative estimate of drug-likeness (QED) is 0.837. The van der Waals surface area contributed by atoms with Gasteiger partial charge in [-0.2, -0.15) is 0 Å². The second-order valence-electron chi connectivity index (χ2n) is 4.14. The van der Waals surface area contributed by atoms with Gasteiger partial charge in [0.25, 0.3) is 5.91 Å². The second-order valence-corrected chi connectivity index (χ2v) is 4.98. The molecular weight excluding hydrogens is 294 g/mol. The maximum absolute atomic E-state index is 11.9. The summed E-state index contributed by atoms with van der Waals surface area (Å²) < 4.78 is 0. The van der Waals surface area contributed by atoms with Crippen LogP contribution in [0.15, 0.2) is 42.6 Å². The Morgan fingerprint density at radius 3 is 2.80 bits per heavy atom. The van der Waals surface area contributed by atoms with Crippen LogP contribution in [0.4, 0.5) is 5.82 Å². The van der Waals surface area contributed by atoms with Crippen molar-refractivity contribution in [2.24, 2.45) is 0 Å². The number of hydrogen-bond donors (Lipinski definition) is 2. The molecule has 1 amide bonds. The Balaban J connectivity index is 1.99. The van der Waals surface area contributed by atoms with Crippen LogP contribution in [-0.2, 0) is 0 Å². The number of amides is 1. The van der Waals surface area contributed by atoms with E-state index >= 15 is 0 Å². The first-order valence-electron chi connectivity index (χ1n) is 5.85. The van der Waals surface area contributed by atoms with Crippen LogP contribution in [0.5, 0.6) is 0 Å². The van der Waals surface area contributed by atoms with Crippen molar-refractivity contribution in [1.82, 2.24) is 10.3 Å². The number of nitrogens with one attached hydrogen (secondary N) is 2. The minimum atomic E-state index is -0.322. The fourth-order valence-electron chi connectivity index (χ4n) is 1.56. The predicted molar refractivity (Wildman–Crippen MR) is 84.1 cm³/mol. The number of benzene rings is 1. The second kappa shape index (κ2) is 6.45. The molecule has 0 atom stereocenters. The molecule has 0 saturated carbocycles. The molecule has 0 radical (unpaired) electrons. The molecule has 0 spiro atoms. The lowest BCUT2D eigenvalue weighted by Gasteiger charge is -2.09. The van der Waals surface area contributed by atoms with Gasteiger partial charge in [-0.1, -0.05) is 17.7 Å². The third kappa shape index (κ3) is 4.01. The van der Waals surface area contributed by atoms with Crippen LogP contribution in [0.25, 0.3) is 0 Å². The molecule has 0 saturated heterocycles. The van der Waals surface area contributed by atoms with E-state index < -0.39 is 0 Å². The Labute approximate surface area is 127 Å². The molecular formula is C14H12ClN3OS. The summed E-state index contributed by atoms with van der Waals surface area (Å²) in [6.07, 6.45) is 1.67. The Bertz CT molecular complexity index is 660. The third-order valence-electron chi connectivity index (χ3n) is 2.47. The van der Waals surface area contributed by atoms with Crippen LogP contribution in [0.2, 0.25) is 5.02 Å². The molecule has 0 aliphatic carbocycles. The summed E-state index contributed by atoms with van der Waals surface area (Å²) in [6, 6.07) is 10.3. The molecule has 0 aliphatic rings. The fraction of sp³-hybridized carbons (Fsp3) is 0.0714. The minimum absolute atomic E-state index is 0.188. The number of rotatable bonds is 2. The van der Waals surface area contributed by atoms with E-state index in [0.29, 0.717) is 16.4 Å². The number of thiocarbonyl (C=S) groups is 1. The van der Waals surface area contributed by atoms with Gasteiger partial charge in [0.05, 0.1) is 0 Å². The molecule has 0 aliphatic heterocycles. The van der Waals surface area contributed by atoms with E-state index in [-0.39, 0.29) is 11.0 Å². The van der Waals surface area contributed by atoms with Crippen molar-refractivity contribution in [2.45, 2.75) is 6.92 Å². The predicted octanol–water partition coefficient (Wildman–Crippen LogP) is 3.17. The molecule has 1 aromatic carbocycles. The first-order chi connectivity index (χ1) is 9.54. The number of anilines is 1. The van der Waals surface area contributed by atoms with Crippen LogP contribution in [0.1, 0.15) is 15.9 Å². The number of halogens is 1. The average molecular weight is 306 g/mol. The summed E-state index contributed by atoms with van der Waals surface area (Å²) in [5.74, 6) is 0.263. The van der Waals surface area contributed by atoms with Gasteiger partial charge in [-0.15, -0.1) is 0 Å². The standard InChI is InChI=1S/C14H12ClN3OS/c1-9-5-6-16-12(7-9)17-14(20)18-13(19)10-3-2-4-11(15)8-10/h2-8H,1H3,(H2,16,17,18,19,20). The fourth-order valence-corrected chi connectivity index (χ4v) is 1.94. The number of carbonyl (C=O) groups is 1. The van der Waals surface area contributed by atoms with Crippen LogP contribution < -0.4 is 10.6 Å². The zero-order chi connectivity index (χ0) is 14.5. The zero-order valence-electron chi connectivity index (χ0n) is 10.7. The lowest BCUT2D eigenvalue weighted by atomic mass is 10.2. The van der Waals surface area contributed by atoms with Crippen LogP contribution >= 0.6 is 23.8 Å². The van der Waals surface area contributed by atoms with Crippen molar-refractivity contribution in [2.75, 3.05) is 5.32 Å². The van der Waals surface area contributed by atoms with E-state index in [1.165, 1.54) is 0 Å². The first kappa shape index (κ1) is 14.4. The smallest absolute Gasteiger partial charge is 0.257 e. The summed E-state index contributed by atoms with van der Waals surface area (Å²) in [5.41, 5.74) is 1.49. The summed E-state index contributed by atoms with van der Waals surface area (Å²) in [6.45, 7) is 1.94. The molecule has 2 aromatic rings. The van der Waals surface area contributed by atoms with Crippen molar-refractivity contribution >= 4 is 40.7 Å². The van der Waals surface area contributed by atoms with Gasteiger partial charge in [-0.3, -0.25) is 10.1 Å². The highest BCUT2D eigenvalue weighted by Crippen LogP contribution is 2.10. The van der Waals surface area contributed by atoms with E-state index in [1.54, 1.807) is 30.5 Å². The molecule has 2 rings (SSSR count). The van der Waals surface area contributed by atoms with Gasteiger partial charge in [-0.25, -0.2) is 4.98 Å². The van der Waals surface area contributed by atoms with E-state index in [1.807, 2.05) is 19.1 Å². The van der Waals surface area contributed by atoms with Gasteiger partial charge < -0.3 is 5.32 Å². The average Bonchev–Trinajstić information content (AvgIpc) is 2.38.